The third-order valence-corrected chi connectivity index (χ3v) is 3.80. The summed E-state index contributed by atoms with van der Waals surface area (Å²) in [6, 6.07) is 12.3. The van der Waals surface area contributed by atoms with E-state index < -0.39 is 5.97 Å². The van der Waals surface area contributed by atoms with E-state index in [2.05, 4.69) is 4.98 Å². The largest absolute Gasteiger partial charge is 0.478 e. The molecular weight excluding hydrogens is 300 g/mol. The number of hydrogen-bond donors (Lipinski definition) is 2. The van der Waals surface area contributed by atoms with E-state index in [1.54, 1.807) is 30.5 Å². The van der Waals surface area contributed by atoms with Gasteiger partial charge in [-0.15, -0.1) is 0 Å². The van der Waals surface area contributed by atoms with Crippen LogP contribution in [0.15, 0.2) is 48.7 Å². The Labute approximate surface area is 132 Å². The van der Waals surface area contributed by atoms with Gasteiger partial charge >= 0.3 is 5.97 Å². The van der Waals surface area contributed by atoms with Crippen molar-refractivity contribution in [1.29, 1.82) is 0 Å². The number of fused-ring (bicyclic) bond motifs is 1. The Kier molecular flexibility index (Phi) is 3.79. The number of carboxylic acid groups (broad SMARTS) is 1. The Hall–Kier alpha value is -2.43. The molecular formula is C17H13ClN2O2. The van der Waals surface area contributed by atoms with Crippen LogP contribution < -0.4 is 5.73 Å². The number of carboxylic acids is 1. The molecule has 3 N–H and O–H groups in total. The first kappa shape index (κ1) is 14.5. The molecule has 0 unspecified atom stereocenters. The van der Waals surface area contributed by atoms with E-state index in [0.717, 1.165) is 27.6 Å². The normalized spacial score (nSPS) is 10.8. The van der Waals surface area contributed by atoms with E-state index in [4.69, 9.17) is 22.4 Å². The van der Waals surface area contributed by atoms with Crippen LogP contribution in [-0.2, 0) is 6.54 Å². The molecule has 0 aliphatic rings. The lowest BCUT2D eigenvalue weighted by molar-refractivity contribution is 0.0697. The minimum absolute atomic E-state index is 0.252. The highest BCUT2D eigenvalue weighted by molar-refractivity contribution is 6.31. The van der Waals surface area contributed by atoms with E-state index in [-0.39, 0.29) is 5.56 Å². The first-order valence-electron chi connectivity index (χ1n) is 6.71. The van der Waals surface area contributed by atoms with Crippen LogP contribution in [0, 0.1) is 0 Å². The minimum Gasteiger partial charge on any atom is -0.478 e. The molecule has 0 amide bonds. The van der Waals surface area contributed by atoms with Gasteiger partial charge in [-0.2, -0.15) is 0 Å². The summed E-state index contributed by atoms with van der Waals surface area (Å²) < 4.78 is 0. The Morgan fingerprint density at radius 3 is 2.50 bits per heavy atom. The van der Waals surface area contributed by atoms with Gasteiger partial charge in [0.15, 0.2) is 0 Å². The van der Waals surface area contributed by atoms with Crippen molar-refractivity contribution in [3.05, 3.63) is 64.9 Å². The highest BCUT2D eigenvalue weighted by atomic mass is 35.5. The monoisotopic (exact) mass is 312 g/mol. The summed E-state index contributed by atoms with van der Waals surface area (Å²) in [7, 11) is 0. The predicted molar refractivity (Wildman–Crippen MR) is 87.0 cm³/mol. The maximum atomic E-state index is 10.9. The number of nitrogens with zero attached hydrogens (tertiary/aromatic N) is 1. The number of carbonyl (C=O) groups is 1. The molecule has 3 aromatic rings. The SMILES string of the molecule is NCc1ncc(-c2ccc(C(=O)O)cc2)c2ccc(Cl)cc12. The summed E-state index contributed by atoms with van der Waals surface area (Å²) in [5, 5.41) is 11.5. The third kappa shape index (κ3) is 2.54. The zero-order valence-corrected chi connectivity index (χ0v) is 12.3. The van der Waals surface area contributed by atoms with Crippen LogP contribution in [0.4, 0.5) is 0 Å². The first-order valence-corrected chi connectivity index (χ1v) is 7.09. The van der Waals surface area contributed by atoms with Crippen molar-refractivity contribution >= 4 is 28.3 Å². The molecule has 0 bridgehead atoms. The fourth-order valence-corrected chi connectivity index (χ4v) is 2.63. The number of nitrogens with two attached hydrogens (primary N) is 1. The van der Waals surface area contributed by atoms with Crippen LogP contribution in [0.2, 0.25) is 5.02 Å². The standard InChI is InChI=1S/C17H13ClN2O2/c18-12-5-6-13-14(7-12)16(8-19)20-9-15(13)10-1-3-11(4-2-10)17(21)22/h1-7,9H,8,19H2,(H,21,22). The lowest BCUT2D eigenvalue weighted by Crippen LogP contribution is -2.01. The second-order valence-electron chi connectivity index (χ2n) is 4.90. The van der Waals surface area contributed by atoms with Crippen molar-refractivity contribution in [3.63, 3.8) is 0 Å². The number of pyridine rings is 1. The highest BCUT2D eigenvalue weighted by Gasteiger charge is 2.10. The van der Waals surface area contributed by atoms with Gasteiger partial charge in [-0.25, -0.2) is 4.79 Å². The predicted octanol–water partition coefficient (Wildman–Crippen LogP) is 3.71. The highest BCUT2D eigenvalue weighted by Crippen LogP contribution is 2.31. The number of halogens is 1. The van der Waals surface area contributed by atoms with Gasteiger partial charge in [0.05, 0.1) is 11.3 Å². The minimum atomic E-state index is -0.945. The van der Waals surface area contributed by atoms with Gasteiger partial charge in [0.1, 0.15) is 0 Å². The van der Waals surface area contributed by atoms with E-state index in [1.165, 1.54) is 0 Å². The molecule has 1 heterocycles. The molecule has 0 aliphatic heterocycles. The molecule has 110 valence electrons. The topological polar surface area (TPSA) is 76.2 Å². The molecule has 22 heavy (non-hydrogen) atoms. The molecule has 0 radical (unpaired) electrons. The average Bonchev–Trinajstić information content (AvgIpc) is 2.53. The molecule has 0 aliphatic carbocycles. The molecule has 0 saturated heterocycles. The van der Waals surface area contributed by atoms with Crippen LogP contribution in [-0.4, -0.2) is 16.1 Å². The number of aromatic carboxylic acids is 1. The van der Waals surface area contributed by atoms with Gasteiger partial charge in [-0.1, -0.05) is 29.8 Å². The van der Waals surface area contributed by atoms with Crippen LogP contribution in [0.25, 0.3) is 21.9 Å². The number of rotatable bonds is 3. The Balaban J connectivity index is 2.21. The smallest absolute Gasteiger partial charge is 0.335 e. The quantitative estimate of drug-likeness (QED) is 0.773. The molecule has 1 aromatic heterocycles. The Bertz CT molecular complexity index is 860. The average molecular weight is 313 g/mol. The maximum absolute atomic E-state index is 10.9. The summed E-state index contributed by atoms with van der Waals surface area (Å²) in [6.07, 6.45) is 1.76. The second kappa shape index (κ2) is 5.75. The summed E-state index contributed by atoms with van der Waals surface area (Å²) in [5.41, 5.74) is 8.58. The van der Waals surface area contributed by atoms with Crippen LogP contribution >= 0.6 is 11.6 Å². The molecule has 4 nitrogen and oxygen atoms in total. The van der Waals surface area contributed by atoms with Crippen molar-refractivity contribution < 1.29 is 9.90 Å². The van der Waals surface area contributed by atoms with Crippen LogP contribution in [0.3, 0.4) is 0 Å². The zero-order valence-electron chi connectivity index (χ0n) is 11.6. The summed E-state index contributed by atoms with van der Waals surface area (Å²) in [5.74, 6) is -0.945. The number of aromatic nitrogens is 1. The lowest BCUT2D eigenvalue weighted by atomic mass is 9.98. The fraction of sp³-hybridized carbons (Fsp3) is 0.0588. The van der Waals surface area contributed by atoms with Gasteiger partial charge in [-0.05, 0) is 35.2 Å². The molecule has 3 rings (SSSR count). The fourth-order valence-electron chi connectivity index (χ4n) is 2.46. The third-order valence-electron chi connectivity index (χ3n) is 3.57. The van der Waals surface area contributed by atoms with E-state index >= 15 is 0 Å². The van der Waals surface area contributed by atoms with Crippen molar-refractivity contribution in [1.82, 2.24) is 4.98 Å². The maximum Gasteiger partial charge on any atom is 0.335 e. The van der Waals surface area contributed by atoms with Gasteiger partial charge in [0.2, 0.25) is 0 Å². The summed E-state index contributed by atoms with van der Waals surface area (Å²) >= 11 is 6.07. The summed E-state index contributed by atoms with van der Waals surface area (Å²) in [4.78, 5) is 15.3. The Morgan fingerprint density at radius 1 is 1.14 bits per heavy atom. The van der Waals surface area contributed by atoms with Gasteiger partial charge in [0, 0.05) is 28.7 Å². The van der Waals surface area contributed by atoms with Gasteiger partial charge in [0.25, 0.3) is 0 Å². The van der Waals surface area contributed by atoms with Gasteiger partial charge < -0.3 is 10.8 Å². The molecule has 0 spiro atoms. The Morgan fingerprint density at radius 2 is 1.86 bits per heavy atom. The molecule has 0 fully saturated rings. The van der Waals surface area contributed by atoms with E-state index in [0.29, 0.717) is 11.6 Å². The van der Waals surface area contributed by atoms with Crippen molar-refractivity contribution in [2.24, 2.45) is 5.73 Å². The number of benzene rings is 2. The number of hydrogen-bond acceptors (Lipinski definition) is 3. The lowest BCUT2D eigenvalue weighted by Gasteiger charge is -2.10. The van der Waals surface area contributed by atoms with Crippen LogP contribution in [0.5, 0.6) is 0 Å². The van der Waals surface area contributed by atoms with Crippen LogP contribution in [0.1, 0.15) is 16.1 Å². The van der Waals surface area contributed by atoms with E-state index in [1.807, 2.05) is 18.2 Å². The van der Waals surface area contributed by atoms with E-state index in [9.17, 15) is 4.79 Å². The molecule has 2 aromatic carbocycles. The van der Waals surface area contributed by atoms with Gasteiger partial charge in [-0.3, -0.25) is 4.98 Å². The van der Waals surface area contributed by atoms with Crippen molar-refractivity contribution in [3.8, 4) is 11.1 Å². The molecule has 5 heteroatoms. The van der Waals surface area contributed by atoms with Crippen molar-refractivity contribution in [2.75, 3.05) is 0 Å². The first-order chi connectivity index (χ1) is 10.6. The molecule has 0 atom stereocenters. The molecule has 0 saturated carbocycles. The zero-order chi connectivity index (χ0) is 15.7. The summed E-state index contributed by atoms with van der Waals surface area (Å²) in [6.45, 7) is 0.328. The van der Waals surface area contributed by atoms with Crippen molar-refractivity contribution in [2.45, 2.75) is 6.54 Å². The second-order valence-corrected chi connectivity index (χ2v) is 5.33.